The van der Waals surface area contributed by atoms with Gasteiger partial charge in [-0.3, -0.25) is 14.4 Å². The zero-order chi connectivity index (χ0) is 21.1. The van der Waals surface area contributed by atoms with Crippen molar-refractivity contribution in [3.63, 3.8) is 0 Å². The van der Waals surface area contributed by atoms with Crippen molar-refractivity contribution in [1.29, 1.82) is 0 Å². The molecule has 0 saturated carbocycles. The van der Waals surface area contributed by atoms with Gasteiger partial charge in [-0.15, -0.1) is 0 Å². The number of anilines is 2. The summed E-state index contributed by atoms with van der Waals surface area (Å²) in [5.74, 6) is 0.798. The first kappa shape index (κ1) is 20.2. The number of ketones is 2. The van der Waals surface area contributed by atoms with E-state index < -0.39 is 0 Å². The summed E-state index contributed by atoms with van der Waals surface area (Å²) < 4.78 is 10.5. The van der Waals surface area contributed by atoms with Crippen LogP contribution in [0.15, 0.2) is 24.5 Å². The average Bonchev–Trinajstić information content (AvgIpc) is 2.71. The third-order valence-corrected chi connectivity index (χ3v) is 4.62. The van der Waals surface area contributed by atoms with Crippen molar-refractivity contribution < 1.29 is 23.9 Å². The number of likely N-dealkylation sites (N-methyl/N-ethyl adjacent to an activating group) is 2. The van der Waals surface area contributed by atoms with Crippen molar-refractivity contribution in [2.75, 3.05) is 43.7 Å². The van der Waals surface area contributed by atoms with Gasteiger partial charge in [0, 0.05) is 37.6 Å². The molecule has 0 saturated heterocycles. The van der Waals surface area contributed by atoms with E-state index in [1.807, 2.05) is 18.0 Å². The summed E-state index contributed by atoms with van der Waals surface area (Å²) in [4.78, 5) is 45.2. The maximum absolute atomic E-state index is 11.3. The Hall–Kier alpha value is -3.49. The Balaban J connectivity index is 0.000000166. The molecule has 2 aromatic rings. The molecule has 0 atom stereocenters. The Morgan fingerprint density at radius 2 is 1.48 bits per heavy atom. The molecule has 9 nitrogen and oxygen atoms in total. The summed E-state index contributed by atoms with van der Waals surface area (Å²) in [6.45, 7) is 4.46. The number of hydrogen-bond donors (Lipinski definition) is 0. The fourth-order valence-corrected chi connectivity index (χ4v) is 2.76. The van der Waals surface area contributed by atoms with Gasteiger partial charge in [0.15, 0.2) is 18.2 Å². The van der Waals surface area contributed by atoms with Gasteiger partial charge in [0.25, 0.3) is 5.91 Å². The summed E-state index contributed by atoms with van der Waals surface area (Å²) in [5.41, 5.74) is 2.53. The highest BCUT2D eigenvalue weighted by Crippen LogP contribution is 2.30. The molecule has 29 heavy (non-hydrogen) atoms. The Kier molecular flexibility index (Phi) is 5.76. The molecule has 4 rings (SSSR count). The third kappa shape index (κ3) is 4.34. The van der Waals surface area contributed by atoms with Gasteiger partial charge in [-0.1, -0.05) is 0 Å². The predicted molar refractivity (Wildman–Crippen MR) is 106 cm³/mol. The van der Waals surface area contributed by atoms with Crippen LogP contribution >= 0.6 is 0 Å². The second-order valence-electron chi connectivity index (χ2n) is 6.72. The van der Waals surface area contributed by atoms with Crippen molar-refractivity contribution in [1.82, 2.24) is 9.97 Å². The van der Waals surface area contributed by atoms with E-state index in [1.54, 1.807) is 19.3 Å². The zero-order valence-corrected chi connectivity index (χ0v) is 16.8. The summed E-state index contributed by atoms with van der Waals surface area (Å²) in [5, 5.41) is 0. The van der Waals surface area contributed by atoms with Crippen molar-refractivity contribution in [3.05, 3.63) is 35.7 Å². The lowest BCUT2D eigenvalue weighted by Gasteiger charge is -2.26. The fraction of sp³-hybridized carbons (Fsp3) is 0.350. The van der Waals surface area contributed by atoms with Crippen LogP contribution in [0.1, 0.15) is 34.6 Å². The van der Waals surface area contributed by atoms with E-state index in [9.17, 15) is 14.4 Å². The first-order chi connectivity index (χ1) is 13.8. The molecule has 0 bridgehead atoms. The average molecular weight is 398 g/mol. The maximum atomic E-state index is 11.3. The monoisotopic (exact) mass is 398 g/mol. The summed E-state index contributed by atoms with van der Waals surface area (Å²) >= 11 is 0. The van der Waals surface area contributed by atoms with Crippen LogP contribution in [0.5, 0.6) is 11.8 Å². The number of hydrogen-bond acceptors (Lipinski definition) is 8. The molecular formula is C20H22N4O5. The van der Waals surface area contributed by atoms with Crippen LogP contribution in [0.3, 0.4) is 0 Å². The second kappa shape index (κ2) is 8.26. The fourth-order valence-electron chi connectivity index (χ4n) is 2.76. The number of carbonyl (C=O) groups excluding carboxylic acids is 3. The Morgan fingerprint density at radius 3 is 2.07 bits per heavy atom. The number of pyridine rings is 2. The summed E-state index contributed by atoms with van der Waals surface area (Å²) in [6.07, 6.45) is 3.01. The van der Waals surface area contributed by atoms with Crippen LogP contribution in [0, 0.1) is 0 Å². The first-order valence-corrected chi connectivity index (χ1v) is 9.03. The van der Waals surface area contributed by atoms with Crippen molar-refractivity contribution >= 4 is 28.8 Å². The Morgan fingerprint density at radius 1 is 0.931 bits per heavy atom. The van der Waals surface area contributed by atoms with Crippen LogP contribution in [0.2, 0.25) is 0 Å². The molecule has 152 valence electrons. The van der Waals surface area contributed by atoms with Crippen LogP contribution in [-0.2, 0) is 4.79 Å². The molecular weight excluding hydrogens is 376 g/mol. The maximum Gasteiger partial charge on any atom is 0.264 e. The van der Waals surface area contributed by atoms with Crippen LogP contribution in [0.25, 0.3) is 0 Å². The number of Topliss-reactive ketones (excluding diaryl/α,β-unsaturated/α-hetero) is 2. The number of rotatable bonds is 2. The standard InChI is InChI=1S/C10H10N2O3.C10H12N2O2/c1-6(13)7-3-8-10(11-4-7)15-5-9(14)12(8)2;1-7(13)8-5-9-10(11-6-8)14-4-3-12(9)2/h3-4H,5H2,1-2H3;5-6H,3-4H2,1-2H3. The van der Waals surface area contributed by atoms with Gasteiger partial charge in [-0.25, -0.2) is 9.97 Å². The molecule has 0 spiro atoms. The normalized spacial score (nSPS) is 14.6. The van der Waals surface area contributed by atoms with E-state index in [0.29, 0.717) is 35.2 Å². The number of nitrogens with zero attached hydrogens (tertiary/aromatic N) is 4. The van der Waals surface area contributed by atoms with Gasteiger partial charge in [0.05, 0.1) is 6.54 Å². The quantitative estimate of drug-likeness (QED) is 0.705. The van der Waals surface area contributed by atoms with Crippen molar-refractivity contribution in [2.24, 2.45) is 0 Å². The first-order valence-electron chi connectivity index (χ1n) is 9.03. The molecule has 0 radical (unpaired) electrons. The molecule has 2 aliphatic heterocycles. The van der Waals surface area contributed by atoms with E-state index in [0.717, 1.165) is 12.2 Å². The number of carbonyl (C=O) groups is 3. The summed E-state index contributed by atoms with van der Waals surface area (Å²) in [6, 6.07) is 3.44. The zero-order valence-electron chi connectivity index (χ0n) is 16.8. The molecule has 1 amide bonds. The highest BCUT2D eigenvalue weighted by Gasteiger charge is 2.24. The predicted octanol–water partition coefficient (Wildman–Crippen LogP) is 1.75. The molecule has 2 aromatic heterocycles. The number of aromatic nitrogens is 2. The highest BCUT2D eigenvalue weighted by atomic mass is 16.5. The molecule has 0 aliphatic carbocycles. The molecule has 9 heteroatoms. The SMILES string of the molecule is CC(=O)c1cnc2c(c1)N(C)C(=O)CO2.CC(=O)c1cnc2c(c1)N(C)CCO2. The van der Waals surface area contributed by atoms with E-state index in [2.05, 4.69) is 9.97 Å². The number of fused-ring (bicyclic) bond motifs is 2. The van der Waals surface area contributed by atoms with Gasteiger partial charge in [0.1, 0.15) is 18.0 Å². The number of amides is 1. The van der Waals surface area contributed by atoms with Crippen LogP contribution in [-0.4, -0.2) is 61.3 Å². The minimum atomic E-state index is -0.148. The number of ether oxygens (including phenoxy) is 2. The summed E-state index contributed by atoms with van der Waals surface area (Å²) in [7, 11) is 3.60. The van der Waals surface area contributed by atoms with Crippen LogP contribution < -0.4 is 19.3 Å². The lowest BCUT2D eigenvalue weighted by molar-refractivity contribution is -0.121. The van der Waals surface area contributed by atoms with Gasteiger partial charge >= 0.3 is 0 Å². The van der Waals surface area contributed by atoms with E-state index in [-0.39, 0.29) is 24.1 Å². The highest BCUT2D eigenvalue weighted by molar-refractivity contribution is 6.00. The molecule has 0 aromatic carbocycles. The lowest BCUT2D eigenvalue weighted by atomic mass is 10.2. The molecule has 0 unspecified atom stereocenters. The van der Waals surface area contributed by atoms with E-state index >= 15 is 0 Å². The van der Waals surface area contributed by atoms with Crippen LogP contribution in [0.4, 0.5) is 11.4 Å². The third-order valence-electron chi connectivity index (χ3n) is 4.62. The van der Waals surface area contributed by atoms with Crippen molar-refractivity contribution in [2.45, 2.75) is 13.8 Å². The minimum absolute atomic E-state index is 0.00405. The molecule has 4 heterocycles. The van der Waals surface area contributed by atoms with Gasteiger partial charge < -0.3 is 19.3 Å². The Labute approximate surface area is 168 Å². The lowest BCUT2D eigenvalue weighted by Crippen LogP contribution is -2.36. The molecule has 2 aliphatic rings. The van der Waals surface area contributed by atoms with E-state index in [4.69, 9.17) is 9.47 Å². The van der Waals surface area contributed by atoms with Gasteiger partial charge in [0.2, 0.25) is 11.8 Å². The minimum Gasteiger partial charge on any atom is -0.474 e. The van der Waals surface area contributed by atoms with Crippen molar-refractivity contribution in [3.8, 4) is 11.8 Å². The van der Waals surface area contributed by atoms with Gasteiger partial charge in [-0.05, 0) is 26.0 Å². The smallest absolute Gasteiger partial charge is 0.264 e. The van der Waals surface area contributed by atoms with Gasteiger partial charge in [-0.2, -0.15) is 0 Å². The largest absolute Gasteiger partial charge is 0.474 e. The van der Waals surface area contributed by atoms with E-state index in [1.165, 1.54) is 24.9 Å². The molecule has 0 fully saturated rings. The Bertz CT molecular complexity index is 975. The second-order valence-corrected chi connectivity index (χ2v) is 6.72. The topological polar surface area (TPSA) is 102 Å². The molecule has 0 N–H and O–H groups in total.